The van der Waals surface area contributed by atoms with Crippen molar-refractivity contribution in [1.82, 2.24) is 19.5 Å². The third kappa shape index (κ3) is 4.62. The zero-order chi connectivity index (χ0) is 39.8. The first-order valence-electron chi connectivity index (χ1n) is 20.5. The molecular formula is C55H30N4OS. The van der Waals surface area contributed by atoms with Crippen molar-refractivity contribution in [2.75, 3.05) is 0 Å². The Hall–Kier alpha value is -7.93. The second-order valence-electron chi connectivity index (χ2n) is 15.9. The van der Waals surface area contributed by atoms with Gasteiger partial charge in [0.25, 0.3) is 0 Å². The summed E-state index contributed by atoms with van der Waals surface area (Å²) in [6.07, 6.45) is 0. The number of para-hydroxylation sites is 1. The lowest BCUT2D eigenvalue weighted by molar-refractivity contribution is 0.669. The molecule has 0 bridgehead atoms. The summed E-state index contributed by atoms with van der Waals surface area (Å²) in [7, 11) is 0. The monoisotopic (exact) mass is 794 g/mol. The van der Waals surface area contributed by atoms with Crippen LogP contribution >= 0.6 is 11.3 Å². The van der Waals surface area contributed by atoms with Gasteiger partial charge >= 0.3 is 0 Å². The Balaban J connectivity index is 0.991. The maximum atomic E-state index is 6.29. The van der Waals surface area contributed by atoms with Crippen LogP contribution in [0.25, 0.3) is 137 Å². The molecule has 0 amide bonds. The Morgan fingerprint density at radius 3 is 1.92 bits per heavy atom. The summed E-state index contributed by atoms with van der Waals surface area (Å²) in [4.78, 5) is 15.6. The number of furan rings is 1. The molecule has 1 aliphatic rings. The predicted octanol–water partition coefficient (Wildman–Crippen LogP) is 15.0. The van der Waals surface area contributed by atoms with E-state index in [1.807, 2.05) is 48.5 Å². The number of fused-ring (bicyclic) bond motifs is 9. The van der Waals surface area contributed by atoms with Crippen LogP contribution < -0.4 is 0 Å². The van der Waals surface area contributed by atoms with Crippen LogP contribution in [-0.4, -0.2) is 19.5 Å². The molecule has 0 atom stereocenters. The van der Waals surface area contributed by atoms with Gasteiger partial charge in [-0.15, -0.1) is 11.3 Å². The summed E-state index contributed by atoms with van der Waals surface area (Å²) in [6, 6.07) is 64.9. The van der Waals surface area contributed by atoms with Crippen LogP contribution in [0.15, 0.2) is 186 Å². The fourth-order valence-corrected chi connectivity index (χ4v) is 11.2. The van der Waals surface area contributed by atoms with Crippen molar-refractivity contribution >= 4 is 86.0 Å². The second kappa shape index (κ2) is 12.3. The van der Waals surface area contributed by atoms with E-state index in [-0.39, 0.29) is 0 Å². The molecular weight excluding hydrogens is 765 g/mol. The molecule has 0 spiro atoms. The largest absolute Gasteiger partial charge is 0.456 e. The lowest BCUT2D eigenvalue weighted by Gasteiger charge is -2.13. The van der Waals surface area contributed by atoms with Crippen LogP contribution in [0.5, 0.6) is 0 Å². The number of benzene rings is 9. The minimum absolute atomic E-state index is 0.610. The highest BCUT2D eigenvalue weighted by molar-refractivity contribution is 7.26. The summed E-state index contributed by atoms with van der Waals surface area (Å²) >= 11 is 1.80. The zero-order valence-electron chi connectivity index (χ0n) is 32.4. The number of hydrogen-bond acceptors (Lipinski definition) is 5. The molecule has 0 saturated heterocycles. The van der Waals surface area contributed by atoms with E-state index in [9.17, 15) is 0 Å². The van der Waals surface area contributed by atoms with Gasteiger partial charge in [0.05, 0.1) is 11.0 Å². The van der Waals surface area contributed by atoms with E-state index in [2.05, 4.69) is 138 Å². The summed E-state index contributed by atoms with van der Waals surface area (Å²) in [5, 5.41) is 9.62. The van der Waals surface area contributed by atoms with Gasteiger partial charge in [-0.3, -0.25) is 0 Å². The Labute approximate surface area is 352 Å². The van der Waals surface area contributed by atoms with Crippen molar-refractivity contribution in [2.45, 2.75) is 0 Å². The number of thiophene rings is 1. The fourth-order valence-electron chi connectivity index (χ4n) is 10.0. The quantitative estimate of drug-likeness (QED) is 0.178. The van der Waals surface area contributed by atoms with Crippen molar-refractivity contribution in [2.24, 2.45) is 0 Å². The predicted molar refractivity (Wildman–Crippen MR) is 253 cm³/mol. The van der Waals surface area contributed by atoms with Crippen LogP contribution in [0.4, 0.5) is 0 Å². The molecule has 282 valence electrons. The fraction of sp³-hybridized carbons (Fsp3) is 0. The molecule has 0 aliphatic heterocycles. The molecule has 0 N–H and O–H groups in total. The molecule has 61 heavy (non-hydrogen) atoms. The van der Waals surface area contributed by atoms with Crippen molar-refractivity contribution in [3.05, 3.63) is 182 Å². The normalized spacial score (nSPS) is 12.3. The molecule has 0 fully saturated rings. The lowest BCUT2D eigenvalue weighted by Crippen LogP contribution is -2.00. The van der Waals surface area contributed by atoms with E-state index in [1.54, 1.807) is 11.3 Å². The Kier molecular flexibility index (Phi) is 6.65. The molecule has 5 nitrogen and oxygen atoms in total. The molecule has 0 saturated carbocycles. The second-order valence-corrected chi connectivity index (χ2v) is 16.9. The van der Waals surface area contributed by atoms with Gasteiger partial charge in [0.2, 0.25) is 0 Å². The van der Waals surface area contributed by atoms with Crippen molar-refractivity contribution < 1.29 is 4.42 Å². The van der Waals surface area contributed by atoms with Crippen molar-refractivity contribution in [3.8, 4) is 62.1 Å². The molecule has 4 aromatic heterocycles. The standard InChI is InChI=1S/C55H30N4OS/c1-2-12-32(13-3-1)53-56-54(41-21-11-25-46-49(41)40-17-6-7-24-45(40)60-46)58-55(57-53)42-22-9-20-39-36-28-27-33(30-47(36)61-52(39)42)59-43-23-10-19-38-35-16-5-4-15-34(35)37-18-8-14-31-26-29-44(59)51(48(31)37)50(38)43/h1-30H. The number of nitrogens with zero attached hydrogens (tertiary/aromatic N) is 4. The zero-order valence-corrected chi connectivity index (χ0v) is 33.2. The summed E-state index contributed by atoms with van der Waals surface area (Å²) in [5.41, 5.74) is 13.1. The molecule has 0 radical (unpaired) electrons. The van der Waals surface area contributed by atoms with Gasteiger partial charge in [0.15, 0.2) is 17.5 Å². The average Bonchev–Trinajstić information content (AvgIpc) is 3.98. The molecule has 4 heterocycles. The van der Waals surface area contributed by atoms with Gasteiger partial charge in [0.1, 0.15) is 11.2 Å². The van der Waals surface area contributed by atoms with Gasteiger partial charge in [-0.2, -0.15) is 0 Å². The average molecular weight is 795 g/mol. The molecule has 0 unspecified atom stereocenters. The van der Waals surface area contributed by atoms with E-state index >= 15 is 0 Å². The van der Waals surface area contributed by atoms with E-state index in [0.717, 1.165) is 49.0 Å². The van der Waals surface area contributed by atoms with Crippen LogP contribution in [0.2, 0.25) is 0 Å². The molecule has 6 heteroatoms. The maximum absolute atomic E-state index is 6.29. The highest BCUT2D eigenvalue weighted by atomic mass is 32.1. The first-order valence-corrected chi connectivity index (χ1v) is 21.3. The Morgan fingerprint density at radius 1 is 0.393 bits per heavy atom. The first kappa shape index (κ1) is 33.0. The van der Waals surface area contributed by atoms with Gasteiger partial charge in [-0.25, -0.2) is 15.0 Å². The first-order chi connectivity index (χ1) is 30.2. The van der Waals surface area contributed by atoms with Crippen LogP contribution in [0.3, 0.4) is 0 Å². The lowest BCUT2D eigenvalue weighted by atomic mass is 9.93. The smallest absolute Gasteiger partial charge is 0.165 e. The van der Waals surface area contributed by atoms with E-state index < -0.39 is 0 Å². The summed E-state index contributed by atoms with van der Waals surface area (Å²) in [6.45, 7) is 0. The Bertz CT molecular complexity index is 4010. The summed E-state index contributed by atoms with van der Waals surface area (Å²) < 4.78 is 11.1. The Morgan fingerprint density at radius 2 is 1.03 bits per heavy atom. The van der Waals surface area contributed by atoms with Crippen LogP contribution in [-0.2, 0) is 0 Å². The van der Waals surface area contributed by atoms with Crippen LogP contribution in [0, 0.1) is 0 Å². The van der Waals surface area contributed by atoms with E-state index in [4.69, 9.17) is 19.4 Å². The molecule has 13 aromatic rings. The third-order valence-electron chi connectivity index (χ3n) is 12.6. The SMILES string of the molecule is c1ccc(-c2nc(-c3cccc4c3sc3cc(-n5c6cccc7c6c6c8c(cccc8ccc65)-c5ccccc5-7)ccc34)nc(-c3cccc4oc5ccccc5c34)n2)cc1. The van der Waals surface area contributed by atoms with Crippen molar-refractivity contribution in [3.63, 3.8) is 0 Å². The minimum atomic E-state index is 0.610. The van der Waals surface area contributed by atoms with Gasteiger partial charge in [-0.05, 0) is 75.5 Å². The van der Waals surface area contributed by atoms with Crippen LogP contribution in [0.1, 0.15) is 0 Å². The number of rotatable bonds is 4. The minimum Gasteiger partial charge on any atom is -0.456 e. The highest BCUT2D eigenvalue weighted by Gasteiger charge is 2.25. The number of aromatic nitrogens is 4. The molecule has 1 aliphatic carbocycles. The van der Waals surface area contributed by atoms with E-state index in [0.29, 0.717) is 17.5 Å². The third-order valence-corrected chi connectivity index (χ3v) is 13.8. The van der Waals surface area contributed by atoms with Gasteiger partial charge < -0.3 is 8.98 Å². The van der Waals surface area contributed by atoms with Crippen molar-refractivity contribution in [1.29, 1.82) is 0 Å². The van der Waals surface area contributed by atoms with Gasteiger partial charge in [-0.1, -0.05) is 140 Å². The molecule has 9 aromatic carbocycles. The summed E-state index contributed by atoms with van der Waals surface area (Å²) in [5.74, 6) is 1.87. The topological polar surface area (TPSA) is 56.7 Å². The highest BCUT2D eigenvalue weighted by Crippen LogP contribution is 2.50. The number of hydrogen-bond donors (Lipinski definition) is 0. The molecule has 14 rings (SSSR count). The maximum Gasteiger partial charge on any atom is 0.165 e. The van der Waals surface area contributed by atoms with Gasteiger partial charge in [0, 0.05) is 64.1 Å². The van der Waals surface area contributed by atoms with E-state index in [1.165, 1.54) is 70.3 Å².